The standard InChI is InChI=1S/C22H25N5O3/c1-23-20-11-18(25-21(26-20)15-5-3-9-24-12-15)16-6-4-10-27(13-16)22(28)19-8-7-17(30-19)14-29-2/h3,5,7-9,11-12,16H,4,6,10,13-14H2,1-2H3,(H,23,25,26)/t16-/m0/s1. The Morgan fingerprint density at radius 2 is 2.23 bits per heavy atom. The predicted octanol–water partition coefficient (Wildman–Crippen LogP) is 3.34. The molecule has 4 rings (SSSR count). The first-order valence-electron chi connectivity index (χ1n) is 10.0. The number of carbonyl (C=O) groups excluding carboxylic acids is 1. The number of nitrogens with zero attached hydrogens (tertiary/aromatic N) is 4. The van der Waals surface area contributed by atoms with Gasteiger partial charge in [-0.05, 0) is 37.1 Å². The number of piperidine rings is 1. The monoisotopic (exact) mass is 407 g/mol. The number of likely N-dealkylation sites (tertiary alicyclic amines) is 1. The summed E-state index contributed by atoms with van der Waals surface area (Å²) < 4.78 is 10.7. The van der Waals surface area contributed by atoms with E-state index in [1.54, 1.807) is 31.6 Å². The average Bonchev–Trinajstić information content (AvgIpc) is 3.28. The SMILES string of the molecule is CNc1cc([C@H]2CCCN(C(=O)c3ccc(COC)o3)C2)nc(-c2cccnc2)n1. The summed E-state index contributed by atoms with van der Waals surface area (Å²) in [7, 11) is 3.44. The zero-order valence-corrected chi connectivity index (χ0v) is 17.2. The van der Waals surface area contributed by atoms with Crippen molar-refractivity contribution in [2.45, 2.75) is 25.4 Å². The maximum atomic E-state index is 12.9. The van der Waals surface area contributed by atoms with E-state index in [0.29, 0.717) is 37.0 Å². The molecule has 3 aromatic heterocycles. The second kappa shape index (κ2) is 9.04. The fraction of sp³-hybridized carbons (Fsp3) is 0.364. The lowest BCUT2D eigenvalue weighted by molar-refractivity contribution is 0.0666. The number of methoxy groups -OCH3 is 1. The van der Waals surface area contributed by atoms with E-state index in [1.165, 1.54) is 0 Å². The molecule has 3 aromatic rings. The maximum absolute atomic E-state index is 12.9. The Hall–Kier alpha value is -3.26. The van der Waals surface area contributed by atoms with E-state index < -0.39 is 0 Å². The van der Waals surface area contributed by atoms with Crippen LogP contribution in [0.2, 0.25) is 0 Å². The first kappa shape index (κ1) is 20.0. The van der Waals surface area contributed by atoms with Crippen LogP contribution in [-0.2, 0) is 11.3 Å². The van der Waals surface area contributed by atoms with Crippen LogP contribution in [0.25, 0.3) is 11.4 Å². The van der Waals surface area contributed by atoms with Gasteiger partial charge in [0.05, 0.1) is 5.69 Å². The second-order valence-electron chi connectivity index (χ2n) is 7.28. The Balaban J connectivity index is 1.56. The fourth-order valence-corrected chi connectivity index (χ4v) is 3.70. The Bertz CT molecular complexity index is 1010. The van der Waals surface area contributed by atoms with Crippen LogP contribution in [0.15, 0.2) is 47.1 Å². The number of carbonyl (C=O) groups is 1. The van der Waals surface area contributed by atoms with Crippen molar-refractivity contribution in [1.29, 1.82) is 0 Å². The molecular formula is C22H25N5O3. The van der Waals surface area contributed by atoms with Gasteiger partial charge in [-0.1, -0.05) is 0 Å². The number of furan rings is 1. The number of amides is 1. The van der Waals surface area contributed by atoms with Crippen molar-refractivity contribution in [3.8, 4) is 11.4 Å². The van der Waals surface area contributed by atoms with E-state index in [9.17, 15) is 4.79 Å². The molecule has 30 heavy (non-hydrogen) atoms. The third kappa shape index (κ3) is 4.33. The zero-order chi connectivity index (χ0) is 20.9. The minimum absolute atomic E-state index is 0.0996. The summed E-state index contributed by atoms with van der Waals surface area (Å²) in [5.74, 6) is 2.39. The summed E-state index contributed by atoms with van der Waals surface area (Å²) in [6.07, 6.45) is 5.35. The number of rotatable bonds is 6. The van der Waals surface area contributed by atoms with Gasteiger partial charge in [-0.2, -0.15) is 0 Å². The molecule has 0 radical (unpaired) electrons. The second-order valence-corrected chi connectivity index (χ2v) is 7.28. The molecular weight excluding hydrogens is 382 g/mol. The topological polar surface area (TPSA) is 93.4 Å². The summed E-state index contributed by atoms with van der Waals surface area (Å²) >= 11 is 0. The van der Waals surface area contributed by atoms with Gasteiger partial charge in [0.15, 0.2) is 11.6 Å². The quantitative estimate of drug-likeness (QED) is 0.670. The minimum Gasteiger partial charge on any atom is -0.453 e. The molecule has 0 aliphatic carbocycles. The molecule has 1 aliphatic heterocycles. The van der Waals surface area contributed by atoms with Gasteiger partial charge >= 0.3 is 0 Å². The third-order valence-corrected chi connectivity index (χ3v) is 5.21. The summed E-state index contributed by atoms with van der Waals surface area (Å²) in [4.78, 5) is 28.3. The fourth-order valence-electron chi connectivity index (χ4n) is 3.70. The van der Waals surface area contributed by atoms with Crippen LogP contribution in [0, 0.1) is 0 Å². The molecule has 1 amide bonds. The number of anilines is 1. The van der Waals surface area contributed by atoms with Crippen LogP contribution in [0.5, 0.6) is 0 Å². The van der Waals surface area contributed by atoms with Gasteiger partial charge in [0.1, 0.15) is 18.2 Å². The first-order valence-corrected chi connectivity index (χ1v) is 10.0. The van der Waals surface area contributed by atoms with Gasteiger partial charge in [0.25, 0.3) is 5.91 Å². The van der Waals surface area contributed by atoms with Gasteiger partial charge in [0.2, 0.25) is 0 Å². The molecule has 0 bridgehead atoms. The van der Waals surface area contributed by atoms with E-state index in [2.05, 4.69) is 15.3 Å². The molecule has 1 N–H and O–H groups in total. The Labute approximate surface area is 175 Å². The van der Waals surface area contributed by atoms with Crippen LogP contribution in [0.1, 0.15) is 40.8 Å². The van der Waals surface area contributed by atoms with Crippen molar-refractivity contribution in [3.63, 3.8) is 0 Å². The maximum Gasteiger partial charge on any atom is 0.289 e. The van der Waals surface area contributed by atoms with Gasteiger partial charge in [-0.25, -0.2) is 9.97 Å². The van der Waals surface area contributed by atoms with Crippen molar-refractivity contribution < 1.29 is 13.9 Å². The number of aromatic nitrogens is 3. The number of nitrogens with one attached hydrogen (secondary N) is 1. The highest BCUT2D eigenvalue weighted by molar-refractivity contribution is 5.91. The molecule has 4 heterocycles. The molecule has 1 saturated heterocycles. The molecule has 1 fully saturated rings. The van der Waals surface area contributed by atoms with Crippen molar-refractivity contribution in [2.24, 2.45) is 0 Å². The highest BCUT2D eigenvalue weighted by Gasteiger charge is 2.28. The molecule has 1 aliphatic rings. The molecule has 156 valence electrons. The van der Waals surface area contributed by atoms with E-state index in [-0.39, 0.29) is 11.8 Å². The number of hydrogen-bond acceptors (Lipinski definition) is 7. The molecule has 0 spiro atoms. The van der Waals surface area contributed by atoms with Crippen LogP contribution in [0.4, 0.5) is 5.82 Å². The van der Waals surface area contributed by atoms with E-state index in [0.717, 1.165) is 29.9 Å². The first-order chi connectivity index (χ1) is 14.7. The van der Waals surface area contributed by atoms with E-state index in [1.807, 2.05) is 30.1 Å². The smallest absolute Gasteiger partial charge is 0.289 e. The Morgan fingerprint density at radius 1 is 1.33 bits per heavy atom. The van der Waals surface area contributed by atoms with Crippen molar-refractivity contribution in [1.82, 2.24) is 19.9 Å². The molecule has 8 nitrogen and oxygen atoms in total. The summed E-state index contributed by atoms with van der Waals surface area (Å²) in [5.41, 5.74) is 1.78. The predicted molar refractivity (Wildman–Crippen MR) is 112 cm³/mol. The number of ether oxygens (including phenoxy) is 1. The number of hydrogen-bond donors (Lipinski definition) is 1. The average molecular weight is 407 g/mol. The third-order valence-electron chi connectivity index (χ3n) is 5.21. The van der Waals surface area contributed by atoms with Crippen LogP contribution >= 0.6 is 0 Å². The van der Waals surface area contributed by atoms with Crippen molar-refractivity contribution in [3.05, 3.63) is 59.9 Å². The minimum atomic E-state index is -0.0996. The van der Waals surface area contributed by atoms with Gasteiger partial charge in [-0.15, -0.1) is 0 Å². The normalized spacial score (nSPS) is 16.5. The summed E-state index contributed by atoms with van der Waals surface area (Å²) in [6.45, 7) is 1.64. The van der Waals surface area contributed by atoms with Gasteiger partial charge in [-0.3, -0.25) is 9.78 Å². The van der Waals surface area contributed by atoms with Gasteiger partial charge in [0, 0.05) is 57.2 Å². The molecule has 0 aromatic carbocycles. The lowest BCUT2D eigenvalue weighted by atomic mass is 9.94. The van der Waals surface area contributed by atoms with Crippen molar-refractivity contribution in [2.75, 3.05) is 32.6 Å². The molecule has 0 saturated carbocycles. The van der Waals surface area contributed by atoms with Crippen LogP contribution in [0.3, 0.4) is 0 Å². The lowest BCUT2D eigenvalue weighted by Gasteiger charge is -2.32. The highest BCUT2D eigenvalue weighted by Crippen LogP contribution is 2.29. The molecule has 0 unspecified atom stereocenters. The van der Waals surface area contributed by atoms with Crippen LogP contribution in [-0.4, -0.2) is 53.0 Å². The Kier molecular flexibility index (Phi) is 6.04. The summed E-state index contributed by atoms with van der Waals surface area (Å²) in [5, 5.41) is 3.11. The lowest BCUT2D eigenvalue weighted by Crippen LogP contribution is -2.39. The van der Waals surface area contributed by atoms with Crippen LogP contribution < -0.4 is 5.32 Å². The molecule has 8 heteroatoms. The summed E-state index contributed by atoms with van der Waals surface area (Å²) in [6, 6.07) is 9.26. The largest absolute Gasteiger partial charge is 0.453 e. The number of pyridine rings is 1. The van der Waals surface area contributed by atoms with Crippen molar-refractivity contribution >= 4 is 11.7 Å². The highest BCUT2D eigenvalue weighted by atomic mass is 16.5. The molecule has 1 atom stereocenters. The van der Waals surface area contributed by atoms with E-state index in [4.69, 9.17) is 14.1 Å². The van der Waals surface area contributed by atoms with Gasteiger partial charge < -0.3 is 19.4 Å². The Morgan fingerprint density at radius 3 is 3.00 bits per heavy atom. The van der Waals surface area contributed by atoms with E-state index >= 15 is 0 Å². The zero-order valence-electron chi connectivity index (χ0n) is 17.2.